The van der Waals surface area contributed by atoms with Crippen LogP contribution in [-0.2, 0) is 16.0 Å². The number of nitrogens with one attached hydrogen (secondary N) is 1. The Hall–Kier alpha value is -2.96. The summed E-state index contributed by atoms with van der Waals surface area (Å²) in [6.45, 7) is -0.0363. The van der Waals surface area contributed by atoms with Crippen LogP contribution in [0.2, 0.25) is 0 Å². The highest BCUT2D eigenvalue weighted by molar-refractivity contribution is 5.94. The molecule has 0 saturated carbocycles. The zero-order chi connectivity index (χ0) is 18.4. The summed E-state index contributed by atoms with van der Waals surface area (Å²) >= 11 is 0. The number of hydrogen-bond donors (Lipinski definition) is 2. The fraction of sp³-hybridized carbons (Fsp3) is 0.222. The van der Waals surface area contributed by atoms with Crippen molar-refractivity contribution in [1.29, 1.82) is 0 Å². The van der Waals surface area contributed by atoms with Crippen molar-refractivity contribution in [1.82, 2.24) is 5.32 Å². The van der Waals surface area contributed by atoms with Crippen LogP contribution in [0.3, 0.4) is 0 Å². The molecule has 1 atom stereocenters. The maximum atomic E-state index is 13.2. The molecule has 2 aromatic rings. The first-order valence-electron chi connectivity index (χ1n) is 7.49. The van der Waals surface area contributed by atoms with E-state index >= 15 is 0 Å². The van der Waals surface area contributed by atoms with E-state index in [4.69, 9.17) is 4.74 Å². The van der Waals surface area contributed by atoms with Crippen LogP contribution in [0.5, 0.6) is 5.75 Å². The molecule has 0 aliphatic heterocycles. The SMILES string of the molecule is COC(=O)C(CNC(=O)c1ccc(F)c(F)c1)Cc1ccc(O)cc1. The standard InChI is InChI=1S/C18H17F2NO4/c1-25-18(24)13(8-11-2-5-14(22)6-3-11)10-21-17(23)12-4-7-15(19)16(20)9-12/h2-7,9,13,22H,8,10H2,1H3,(H,21,23). The molecule has 1 amide bonds. The van der Waals surface area contributed by atoms with Crippen molar-refractivity contribution in [2.45, 2.75) is 6.42 Å². The van der Waals surface area contributed by atoms with Crippen LogP contribution in [0.1, 0.15) is 15.9 Å². The molecule has 2 rings (SSSR count). The third-order valence-electron chi connectivity index (χ3n) is 3.64. The monoisotopic (exact) mass is 349 g/mol. The number of phenolic OH excluding ortho intramolecular Hbond substituents is 1. The molecule has 0 aromatic heterocycles. The maximum absolute atomic E-state index is 13.2. The zero-order valence-corrected chi connectivity index (χ0v) is 13.5. The number of amides is 1. The molecule has 0 spiro atoms. The predicted octanol–water partition coefficient (Wildman–Crippen LogP) is 2.43. The first kappa shape index (κ1) is 18.4. The van der Waals surface area contributed by atoms with Gasteiger partial charge >= 0.3 is 5.97 Å². The van der Waals surface area contributed by atoms with E-state index in [0.717, 1.165) is 23.8 Å². The summed E-state index contributed by atoms with van der Waals surface area (Å²) in [6.07, 6.45) is 0.283. The molecule has 0 saturated heterocycles. The molecule has 2 N–H and O–H groups in total. The second-order valence-electron chi connectivity index (χ2n) is 5.43. The van der Waals surface area contributed by atoms with E-state index in [0.29, 0.717) is 0 Å². The molecule has 0 aliphatic carbocycles. The molecule has 0 aliphatic rings. The van der Waals surface area contributed by atoms with Crippen molar-refractivity contribution in [2.75, 3.05) is 13.7 Å². The number of methoxy groups -OCH3 is 1. The Labute approximate surface area is 143 Å². The van der Waals surface area contributed by atoms with Gasteiger partial charge in [0.25, 0.3) is 5.91 Å². The van der Waals surface area contributed by atoms with Crippen LogP contribution in [0.15, 0.2) is 42.5 Å². The summed E-state index contributed by atoms with van der Waals surface area (Å²) in [5.74, 6) is -3.87. The normalized spacial score (nSPS) is 11.6. The van der Waals surface area contributed by atoms with Gasteiger partial charge in [0.15, 0.2) is 11.6 Å². The average Bonchev–Trinajstić information content (AvgIpc) is 2.61. The molecule has 2 aromatic carbocycles. The van der Waals surface area contributed by atoms with E-state index in [9.17, 15) is 23.5 Å². The largest absolute Gasteiger partial charge is 0.508 e. The van der Waals surface area contributed by atoms with Gasteiger partial charge in [0.1, 0.15) is 5.75 Å². The molecular weight excluding hydrogens is 332 g/mol. The lowest BCUT2D eigenvalue weighted by atomic mass is 9.99. The van der Waals surface area contributed by atoms with Crippen molar-refractivity contribution < 1.29 is 28.2 Å². The number of carbonyl (C=O) groups is 2. The summed E-state index contributed by atoms with van der Waals surface area (Å²) in [5, 5.41) is 11.8. The van der Waals surface area contributed by atoms with Gasteiger partial charge < -0.3 is 15.2 Å². The van der Waals surface area contributed by atoms with Crippen molar-refractivity contribution in [2.24, 2.45) is 5.92 Å². The third-order valence-corrected chi connectivity index (χ3v) is 3.64. The van der Waals surface area contributed by atoms with Gasteiger partial charge in [-0.25, -0.2) is 8.78 Å². The highest BCUT2D eigenvalue weighted by atomic mass is 19.2. The van der Waals surface area contributed by atoms with E-state index in [2.05, 4.69) is 5.32 Å². The Kier molecular flexibility index (Phi) is 6.05. The van der Waals surface area contributed by atoms with Crippen LogP contribution < -0.4 is 5.32 Å². The number of hydrogen-bond acceptors (Lipinski definition) is 4. The van der Waals surface area contributed by atoms with E-state index < -0.39 is 29.4 Å². The molecule has 0 heterocycles. The molecule has 1 unspecified atom stereocenters. The lowest BCUT2D eigenvalue weighted by Gasteiger charge is -2.16. The van der Waals surface area contributed by atoms with E-state index in [-0.39, 0.29) is 24.3 Å². The maximum Gasteiger partial charge on any atom is 0.310 e. The Morgan fingerprint density at radius 3 is 2.40 bits per heavy atom. The Morgan fingerprint density at radius 2 is 1.80 bits per heavy atom. The van der Waals surface area contributed by atoms with Gasteiger partial charge in [0, 0.05) is 12.1 Å². The fourth-order valence-electron chi connectivity index (χ4n) is 2.28. The number of esters is 1. The summed E-state index contributed by atoms with van der Waals surface area (Å²) < 4.78 is 30.8. The molecule has 25 heavy (non-hydrogen) atoms. The van der Waals surface area contributed by atoms with E-state index in [1.807, 2.05) is 0 Å². The lowest BCUT2D eigenvalue weighted by Crippen LogP contribution is -2.34. The minimum atomic E-state index is -1.12. The summed E-state index contributed by atoms with van der Waals surface area (Å²) in [6, 6.07) is 9.09. The first-order chi connectivity index (χ1) is 11.9. The topological polar surface area (TPSA) is 75.6 Å². The number of halogens is 2. The van der Waals surface area contributed by atoms with Gasteiger partial charge in [-0.2, -0.15) is 0 Å². The molecule has 0 radical (unpaired) electrons. The molecule has 0 bridgehead atoms. The summed E-state index contributed by atoms with van der Waals surface area (Å²) in [7, 11) is 1.24. The minimum absolute atomic E-state index is 0.0363. The Balaban J connectivity index is 2.03. The minimum Gasteiger partial charge on any atom is -0.508 e. The number of benzene rings is 2. The van der Waals surface area contributed by atoms with Crippen LogP contribution in [0.25, 0.3) is 0 Å². The third kappa shape index (κ3) is 5.00. The highest BCUT2D eigenvalue weighted by Gasteiger charge is 2.21. The number of rotatable bonds is 6. The van der Waals surface area contributed by atoms with Gasteiger partial charge in [-0.05, 0) is 42.3 Å². The Morgan fingerprint density at radius 1 is 1.12 bits per heavy atom. The van der Waals surface area contributed by atoms with Crippen LogP contribution in [0.4, 0.5) is 8.78 Å². The fourth-order valence-corrected chi connectivity index (χ4v) is 2.28. The average molecular weight is 349 g/mol. The van der Waals surface area contributed by atoms with Crippen molar-refractivity contribution >= 4 is 11.9 Å². The molecular formula is C18H17F2NO4. The van der Waals surface area contributed by atoms with Gasteiger partial charge in [-0.15, -0.1) is 0 Å². The smallest absolute Gasteiger partial charge is 0.310 e. The Bertz CT molecular complexity index is 762. The van der Waals surface area contributed by atoms with Crippen LogP contribution in [0, 0.1) is 17.6 Å². The van der Waals surface area contributed by atoms with Crippen LogP contribution in [-0.4, -0.2) is 30.6 Å². The molecule has 0 fully saturated rings. The van der Waals surface area contributed by atoms with Gasteiger partial charge in [0.05, 0.1) is 13.0 Å². The van der Waals surface area contributed by atoms with Gasteiger partial charge in [-0.3, -0.25) is 9.59 Å². The number of ether oxygens (including phenoxy) is 1. The van der Waals surface area contributed by atoms with Crippen molar-refractivity contribution in [3.63, 3.8) is 0 Å². The van der Waals surface area contributed by atoms with Crippen molar-refractivity contribution in [3.8, 4) is 5.75 Å². The molecule has 5 nitrogen and oxygen atoms in total. The lowest BCUT2D eigenvalue weighted by molar-refractivity contribution is -0.145. The predicted molar refractivity (Wildman–Crippen MR) is 86.0 cm³/mol. The summed E-state index contributed by atoms with van der Waals surface area (Å²) in [4.78, 5) is 23.9. The van der Waals surface area contributed by atoms with Crippen LogP contribution >= 0.6 is 0 Å². The molecule has 132 valence electrons. The van der Waals surface area contributed by atoms with E-state index in [1.54, 1.807) is 12.1 Å². The highest BCUT2D eigenvalue weighted by Crippen LogP contribution is 2.15. The summed E-state index contributed by atoms with van der Waals surface area (Å²) in [5.41, 5.74) is 0.724. The van der Waals surface area contributed by atoms with E-state index in [1.165, 1.54) is 19.2 Å². The molecule has 7 heteroatoms. The van der Waals surface area contributed by atoms with Crippen molar-refractivity contribution in [3.05, 3.63) is 65.2 Å². The second-order valence-corrected chi connectivity index (χ2v) is 5.43. The number of phenols is 1. The zero-order valence-electron chi connectivity index (χ0n) is 13.5. The second kappa shape index (κ2) is 8.23. The van der Waals surface area contributed by atoms with Gasteiger partial charge in [-0.1, -0.05) is 12.1 Å². The number of carbonyl (C=O) groups excluding carboxylic acids is 2. The first-order valence-corrected chi connectivity index (χ1v) is 7.49. The number of aromatic hydroxyl groups is 1. The quantitative estimate of drug-likeness (QED) is 0.786. The van der Waals surface area contributed by atoms with Gasteiger partial charge in [0.2, 0.25) is 0 Å².